The number of unbranched alkanes of at least 4 members (excludes halogenated alkanes) is 1. The number of carbonyl (C=O) groups excluding carboxylic acids is 1. The maximum atomic E-state index is 11.8. The number of rotatable bonds is 8. The lowest BCUT2D eigenvalue weighted by Gasteiger charge is -2.30. The Labute approximate surface area is 161 Å². The van der Waals surface area contributed by atoms with E-state index in [1.165, 1.54) is 29.1 Å². The van der Waals surface area contributed by atoms with Crippen LogP contribution in [0.2, 0.25) is 0 Å². The van der Waals surface area contributed by atoms with Crippen molar-refractivity contribution in [3.8, 4) is 5.75 Å². The molecule has 1 saturated heterocycles. The molecule has 2 heterocycles. The summed E-state index contributed by atoms with van der Waals surface area (Å²) >= 11 is 1.94. The molecule has 0 aliphatic carbocycles. The highest BCUT2D eigenvalue weighted by Crippen LogP contribution is 2.37. The van der Waals surface area contributed by atoms with Gasteiger partial charge in [0.15, 0.2) is 0 Å². The summed E-state index contributed by atoms with van der Waals surface area (Å²) in [5.41, 5.74) is 1.45. The molecule has 0 atom stereocenters. The maximum absolute atomic E-state index is 11.8. The van der Waals surface area contributed by atoms with Gasteiger partial charge in [-0.25, -0.2) is 0 Å². The van der Waals surface area contributed by atoms with Crippen LogP contribution in [0.3, 0.4) is 0 Å². The van der Waals surface area contributed by atoms with Gasteiger partial charge in [0.05, 0.1) is 24.0 Å². The number of esters is 1. The number of hydrogen-bond acceptors (Lipinski definition) is 5. The number of thioether (sulfide) groups is 1. The van der Waals surface area contributed by atoms with E-state index in [0.717, 1.165) is 57.7 Å². The molecule has 2 aliphatic heterocycles. The first-order valence-electron chi connectivity index (χ1n) is 10.0. The van der Waals surface area contributed by atoms with Crippen molar-refractivity contribution in [2.24, 2.45) is 5.92 Å². The average molecular weight is 378 g/mol. The van der Waals surface area contributed by atoms with Gasteiger partial charge in [-0.1, -0.05) is 12.1 Å². The Morgan fingerprint density at radius 2 is 2.12 bits per heavy atom. The maximum Gasteiger partial charge on any atom is 0.309 e. The minimum Gasteiger partial charge on any atom is -0.492 e. The van der Waals surface area contributed by atoms with E-state index in [-0.39, 0.29) is 11.9 Å². The van der Waals surface area contributed by atoms with Crippen molar-refractivity contribution in [2.45, 2.75) is 50.3 Å². The SMILES string of the molecule is CCOC(=O)C1CCN(CCCCOc2cccc3c2SCCC3)CC1. The summed E-state index contributed by atoms with van der Waals surface area (Å²) in [6, 6.07) is 6.46. The van der Waals surface area contributed by atoms with Gasteiger partial charge in [-0.2, -0.15) is 0 Å². The van der Waals surface area contributed by atoms with Gasteiger partial charge in [0.25, 0.3) is 0 Å². The molecule has 1 aromatic rings. The number of ether oxygens (including phenoxy) is 2. The Morgan fingerprint density at radius 3 is 2.92 bits per heavy atom. The zero-order valence-electron chi connectivity index (χ0n) is 15.9. The van der Waals surface area contributed by atoms with E-state index >= 15 is 0 Å². The van der Waals surface area contributed by atoms with E-state index in [9.17, 15) is 4.79 Å². The molecule has 5 heteroatoms. The van der Waals surface area contributed by atoms with E-state index in [1.807, 2.05) is 18.7 Å². The Hall–Kier alpha value is -1.20. The molecule has 4 nitrogen and oxygen atoms in total. The van der Waals surface area contributed by atoms with Crippen molar-refractivity contribution < 1.29 is 14.3 Å². The van der Waals surface area contributed by atoms with Crippen LogP contribution in [0.25, 0.3) is 0 Å². The van der Waals surface area contributed by atoms with Crippen molar-refractivity contribution in [1.29, 1.82) is 0 Å². The van der Waals surface area contributed by atoms with Crippen LogP contribution < -0.4 is 4.74 Å². The highest BCUT2D eigenvalue weighted by Gasteiger charge is 2.25. The van der Waals surface area contributed by atoms with Gasteiger partial charge in [-0.3, -0.25) is 4.79 Å². The second kappa shape index (κ2) is 10.2. The molecule has 26 heavy (non-hydrogen) atoms. The minimum atomic E-state index is -0.00962. The molecule has 3 rings (SSSR count). The number of carbonyl (C=O) groups is 1. The smallest absolute Gasteiger partial charge is 0.309 e. The molecule has 0 bridgehead atoms. The van der Waals surface area contributed by atoms with Crippen LogP contribution in [0.5, 0.6) is 5.75 Å². The lowest BCUT2D eigenvalue weighted by molar-refractivity contribution is -0.149. The highest BCUT2D eigenvalue weighted by atomic mass is 32.2. The predicted molar refractivity (Wildman–Crippen MR) is 106 cm³/mol. The number of benzene rings is 1. The van der Waals surface area contributed by atoms with Crippen molar-refractivity contribution in [3.63, 3.8) is 0 Å². The highest BCUT2D eigenvalue weighted by molar-refractivity contribution is 7.99. The van der Waals surface area contributed by atoms with E-state index in [0.29, 0.717) is 6.61 Å². The third kappa shape index (κ3) is 5.40. The topological polar surface area (TPSA) is 38.8 Å². The van der Waals surface area contributed by atoms with Gasteiger partial charge in [0, 0.05) is 0 Å². The molecule has 1 fully saturated rings. The van der Waals surface area contributed by atoms with Crippen LogP contribution in [-0.2, 0) is 16.0 Å². The van der Waals surface area contributed by atoms with Gasteiger partial charge in [-0.15, -0.1) is 11.8 Å². The van der Waals surface area contributed by atoms with Crippen LogP contribution in [-0.4, -0.2) is 49.5 Å². The molecule has 1 aromatic carbocycles. The van der Waals surface area contributed by atoms with Crippen molar-refractivity contribution in [2.75, 3.05) is 38.6 Å². The summed E-state index contributed by atoms with van der Waals surface area (Å²) in [7, 11) is 0. The first-order chi connectivity index (χ1) is 12.8. The largest absolute Gasteiger partial charge is 0.492 e. The molecule has 0 amide bonds. The third-order valence-corrected chi connectivity index (χ3v) is 6.48. The molecule has 0 saturated carbocycles. The molecule has 2 aliphatic rings. The molecular weight excluding hydrogens is 346 g/mol. The fourth-order valence-electron chi connectivity index (χ4n) is 3.74. The van der Waals surface area contributed by atoms with Crippen LogP contribution in [0.15, 0.2) is 23.1 Å². The Balaban J connectivity index is 1.31. The van der Waals surface area contributed by atoms with Gasteiger partial charge in [0.1, 0.15) is 5.75 Å². The summed E-state index contributed by atoms with van der Waals surface area (Å²) in [6.07, 6.45) is 6.54. The Kier molecular flexibility index (Phi) is 7.69. The van der Waals surface area contributed by atoms with Gasteiger partial charge >= 0.3 is 5.97 Å². The molecule has 0 N–H and O–H groups in total. The number of piperidine rings is 1. The van der Waals surface area contributed by atoms with Gasteiger partial charge in [-0.05, 0) is 82.5 Å². The van der Waals surface area contributed by atoms with Gasteiger partial charge in [0.2, 0.25) is 0 Å². The third-order valence-electron chi connectivity index (χ3n) is 5.23. The van der Waals surface area contributed by atoms with Crippen LogP contribution in [0.1, 0.15) is 44.6 Å². The zero-order valence-corrected chi connectivity index (χ0v) is 16.7. The first kappa shape index (κ1) is 19.6. The molecule has 144 valence electrons. The summed E-state index contributed by atoms with van der Waals surface area (Å²) < 4.78 is 11.2. The number of hydrogen-bond donors (Lipinski definition) is 0. The second-order valence-electron chi connectivity index (χ2n) is 7.12. The van der Waals surface area contributed by atoms with Crippen molar-refractivity contribution in [3.05, 3.63) is 23.8 Å². The summed E-state index contributed by atoms with van der Waals surface area (Å²) in [5.74, 6) is 2.37. The quantitative estimate of drug-likeness (QED) is 0.502. The fourth-order valence-corrected chi connectivity index (χ4v) is 4.86. The molecule has 0 spiro atoms. The first-order valence-corrected chi connectivity index (χ1v) is 11.0. The Morgan fingerprint density at radius 1 is 1.27 bits per heavy atom. The van der Waals surface area contributed by atoms with E-state index in [1.54, 1.807) is 0 Å². The second-order valence-corrected chi connectivity index (χ2v) is 8.23. The van der Waals surface area contributed by atoms with Crippen LogP contribution in [0, 0.1) is 5.92 Å². The van der Waals surface area contributed by atoms with E-state index < -0.39 is 0 Å². The molecular formula is C21H31NO3S. The number of aryl methyl sites for hydroxylation is 1. The molecule has 0 unspecified atom stereocenters. The van der Waals surface area contributed by atoms with Crippen LogP contribution >= 0.6 is 11.8 Å². The summed E-state index contributed by atoms with van der Waals surface area (Å²) in [4.78, 5) is 15.6. The monoisotopic (exact) mass is 377 g/mol. The summed E-state index contributed by atoms with van der Waals surface area (Å²) in [5, 5.41) is 0. The van der Waals surface area contributed by atoms with Crippen LogP contribution in [0.4, 0.5) is 0 Å². The number of fused-ring (bicyclic) bond motifs is 1. The summed E-state index contributed by atoms with van der Waals surface area (Å²) in [6.45, 7) is 6.26. The van der Waals surface area contributed by atoms with Gasteiger partial charge < -0.3 is 14.4 Å². The molecule has 0 aromatic heterocycles. The molecule has 0 radical (unpaired) electrons. The number of likely N-dealkylation sites (tertiary alicyclic amines) is 1. The van der Waals surface area contributed by atoms with E-state index in [2.05, 4.69) is 23.1 Å². The Bertz CT molecular complexity index is 585. The van der Waals surface area contributed by atoms with E-state index in [4.69, 9.17) is 9.47 Å². The van der Waals surface area contributed by atoms with Crippen molar-refractivity contribution in [1.82, 2.24) is 4.90 Å². The lowest BCUT2D eigenvalue weighted by Crippen LogP contribution is -2.37. The minimum absolute atomic E-state index is 0.00962. The predicted octanol–water partition coefficient (Wildman–Crippen LogP) is 4.16. The lowest BCUT2D eigenvalue weighted by atomic mass is 9.97. The average Bonchev–Trinajstić information content (AvgIpc) is 2.68. The van der Waals surface area contributed by atoms with Crippen molar-refractivity contribution >= 4 is 17.7 Å². The standard InChI is InChI=1S/C21H31NO3S/c1-2-24-21(23)18-10-13-22(14-11-18)12-3-4-15-25-19-9-5-7-17-8-6-16-26-20(17)19/h5,7,9,18H,2-4,6,8,10-16H2,1H3. The normalized spacial score (nSPS) is 18.3. The zero-order chi connectivity index (χ0) is 18.2. The number of nitrogens with zero attached hydrogens (tertiary/aromatic N) is 1. The fraction of sp³-hybridized carbons (Fsp3) is 0.667.